The first-order valence-electron chi connectivity index (χ1n) is 5.93. The van der Waals surface area contributed by atoms with Crippen molar-refractivity contribution in [1.29, 1.82) is 0 Å². The summed E-state index contributed by atoms with van der Waals surface area (Å²) in [5.41, 5.74) is 5.33. The first kappa shape index (κ1) is 13.5. The van der Waals surface area contributed by atoms with Crippen LogP contribution in [-0.4, -0.2) is 35.2 Å². The standard InChI is InChI=1S/C12H19BrN2OS/c1-12(16)5-2-6-15(8-12)9(7-14)10-3-4-11(13)17-10/h3-4,9,16H,2,5-8,14H2,1H3. The maximum Gasteiger partial charge on any atom is 0.0746 e. The third kappa shape index (κ3) is 3.29. The average Bonchev–Trinajstić information content (AvgIpc) is 2.64. The predicted octanol–water partition coefficient (Wildman–Crippen LogP) is 2.36. The van der Waals surface area contributed by atoms with Gasteiger partial charge in [-0.2, -0.15) is 0 Å². The van der Waals surface area contributed by atoms with Crippen LogP contribution < -0.4 is 5.73 Å². The third-order valence-electron chi connectivity index (χ3n) is 3.29. The molecule has 0 aromatic carbocycles. The first-order chi connectivity index (χ1) is 8.02. The van der Waals surface area contributed by atoms with Crippen LogP contribution in [0.2, 0.25) is 0 Å². The monoisotopic (exact) mass is 318 g/mol. The molecule has 1 fully saturated rings. The lowest BCUT2D eigenvalue weighted by Crippen LogP contribution is -2.48. The lowest BCUT2D eigenvalue weighted by molar-refractivity contribution is -0.0288. The van der Waals surface area contributed by atoms with Crippen LogP contribution in [0.3, 0.4) is 0 Å². The second kappa shape index (κ2) is 5.36. The number of rotatable bonds is 3. The molecule has 0 bridgehead atoms. The number of thiophene rings is 1. The van der Waals surface area contributed by atoms with E-state index in [9.17, 15) is 5.11 Å². The van der Waals surface area contributed by atoms with Gasteiger partial charge in [-0.3, -0.25) is 4.90 Å². The zero-order valence-electron chi connectivity index (χ0n) is 10.0. The molecule has 1 aromatic rings. The SMILES string of the molecule is CC1(O)CCCN(C(CN)c2ccc(Br)s2)C1. The smallest absolute Gasteiger partial charge is 0.0746 e. The Hall–Kier alpha value is 0.0600. The van der Waals surface area contributed by atoms with Crippen molar-refractivity contribution in [3.8, 4) is 0 Å². The molecule has 17 heavy (non-hydrogen) atoms. The molecule has 1 aliphatic heterocycles. The minimum atomic E-state index is -0.569. The van der Waals surface area contributed by atoms with Crippen LogP contribution in [0.25, 0.3) is 0 Å². The van der Waals surface area contributed by atoms with E-state index >= 15 is 0 Å². The fourth-order valence-corrected chi connectivity index (χ4v) is 4.05. The van der Waals surface area contributed by atoms with Crippen LogP contribution >= 0.6 is 27.3 Å². The number of likely N-dealkylation sites (tertiary alicyclic amines) is 1. The fraction of sp³-hybridized carbons (Fsp3) is 0.667. The van der Waals surface area contributed by atoms with E-state index in [0.29, 0.717) is 13.1 Å². The van der Waals surface area contributed by atoms with E-state index < -0.39 is 5.60 Å². The Morgan fingerprint density at radius 3 is 2.94 bits per heavy atom. The predicted molar refractivity (Wildman–Crippen MR) is 75.2 cm³/mol. The van der Waals surface area contributed by atoms with Crippen LogP contribution in [0.1, 0.15) is 30.7 Å². The van der Waals surface area contributed by atoms with Crippen LogP contribution in [0, 0.1) is 0 Å². The van der Waals surface area contributed by atoms with E-state index in [2.05, 4.69) is 33.0 Å². The molecule has 3 N–H and O–H groups in total. The summed E-state index contributed by atoms with van der Waals surface area (Å²) in [6.07, 6.45) is 1.92. The van der Waals surface area contributed by atoms with Crippen molar-refractivity contribution in [3.05, 3.63) is 20.8 Å². The summed E-state index contributed by atoms with van der Waals surface area (Å²) in [5, 5.41) is 10.2. The largest absolute Gasteiger partial charge is 0.389 e. The average molecular weight is 319 g/mol. The van der Waals surface area contributed by atoms with Crippen molar-refractivity contribution in [1.82, 2.24) is 4.90 Å². The van der Waals surface area contributed by atoms with Gasteiger partial charge in [0.2, 0.25) is 0 Å². The van der Waals surface area contributed by atoms with Crippen molar-refractivity contribution in [2.75, 3.05) is 19.6 Å². The summed E-state index contributed by atoms with van der Waals surface area (Å²) in [7, 11) is 0. The van der Waals surface area contributed by atoms with Gasteiger partial charge in [0, 0.05) is 18.0 Å². The van der Waals surface area contributed by atoms with Crippen LogP contribution in [-0.2, 0) is 0 Å². The van der Waals surface area contributed by atoms with Gasteiger partial charge < -0.3 is 10.8 Å². The van der Waals surface area contributed by atoms with Crippen molar-refractivity contribution in [3.63, 3.8) is 0 Å². The Morgan fingerprint density at radius 2 is 2.41 bits per heavy atom. The molecule has 96 valence electrons. The van der Waals surface area contributed by atoms with Crippen LogP contribution in [0.4, 0.5) is 0 Å². The minimum absolute atomic E-state index is 0.234. The van der Waals surface area contributed by atoms with E-state index in [1.807, 2.05) is 6.92 Å². The van der Waals surface area contributed by atoms with Crippen LogP contribution in [0.5, 0.6) is 0 Å². The fourth-order valence-electron chi connectivity index (χ4n) is 2.48. The highest BCUT2D eigenvalue weighted by molar-refractivity contribution is 9.11. The zero-order valence-corrected chi connectivity index (χ0v) is 12.4. The van der Waals surface area contributed by atoms with E-state index in [1.165, 1.54) is 4.88 Å². The van der Waals surface area contributed by atoms with E-state index in [0.717, 1.165) is 23.2 Å². The molecule has 0 aliphatic carbocycles. The summed E-state index contributed by atoms with van der Waals surface area (Å²) >= 11 is 5.21. The zero-order chi connectivity index (χ0) is 12.5. The van der Waals surface area contributed by atoms with Gasteiger partial charge in [0.15, 0.2) is 0 Å². The molecule has 1 aliphatic rings. The Labute approximate surface area is 115 Å². The number of nitrogens with two attached hydrogens (primary N) is 1. The highest BCUT2D eigenvalue weighted by Gasteiger charge is 2.32. The molecule has 1 aromatic heterocycles. The van der Waals surface area contributed by atoms with E-state index in [1.54, 1.807) is 11.3 Å². The molecule has 1 saturated heterocycles. The summed E-state index contributed by atoms with van der Waals surface area (Å²) in [6, 6.07) is 4.42. The lowest BCUT2D eigenvalue weighted by Gasteiger charge is -2.40. The summed E-state index contributed by atoms with van der Waals surface area (Å²) in [6.45, 7) is 4.25. The van der Waals surface area contributed by atoms with Gasteiger partial charge in [-0.25, -0.2) is 0 Å². The normalized spacial score (nSPS) is 28.2. The van der Waals surface area contributed by atoms with Gasteiger partial charge in [0.1, 0.15) is 0 Å². The molecular formula is C12H19BrN2OS. The van der Waals surface area contributed by atoms with Gasteiger partial charge in [-0.1, -0.05) is 0 Å². The van der Waals surface area contributed by atoms with Crippen LogP contribution in [0.15, 0.2) is 15.9 Å². The van der Waals surface area contributed by atoms with Crippen molar-refractivity contribution < 1.29 is 5.11 Å². The number of nitrogens with zero attached hydrogens (tertiary/aromatic N) is 1. The number of hydrogen-bond acceptors (Lipinski definition) is 4. The Morgan fingerprint density at radius 1 is 1.65 bits per heavy atom. The first-order valence-corrected chi connectivity index (χ1v) is 7.54. The molecule has 0 radical (unpaired) electrons. The minimum Gasteiger partial charge on any atom is -0.389 e. The third-order valence-corrected chi connectivity index (χ3v) is 5.02. The van der Waals surface area contributed by atoms with E-state index in [-0.39, 0.29) is 6.04 Å². The highest BCUT2D eigenvalue weighted by Crippen LogP contribution is 2.33. The summed E-state index contributed by atoms with van der Waals surface area (Å²) in [5.74, 6) is 0. The Kier molecular flexibility index (Phi) is 4.26. The number of aliphatic hydroxyl groups is 1. The lowest BCUT2D eigenvalue weighted by atomic mass is 9.94. The topological polar surface area (TPSA) is 49.5 Å². The Balaban J connectivity index is 2.13. The van der Waals surface area contributed by atoms with Gasteiger partial charge in [-0.05, 0) is 54.4 Å². The number of halogens is 1. The molecule has 0 spiro atoms. The Bertz CT molecular complexity index is 380. The molecular weight excluding hydrogens is 300 g/mol. The number of hydrogen-bond donors (Lipinski definition) is 2. The molecule has 5 heteroatoms. The maximum absolute atomic E-state index is 10.2. The van der Waals surface area contributed by atoms with Crippen molar-refractivity contribution >= 4 is 27.3 Å². The molecule has 0 amide bonds. The molecule has 2 heterocycles. The van der Waals surface area contributed by atoms with Gasteiger partial charge >= 0.3 is 0 Å². The second-order valence-electron chi connectivity index (χ2n) is 4.96. The second-order valence-corrected chi connectivity index (χ2v) is 7.46. The molecule has 2 atom stereocenters. The summed E-state index contributed by atoms with van der Waals surface area (Å²) in [4.78, 5) is 3.58. The molecule has 3 nitrogen and oxygen atoms in total. The highest BCUT2D eigenvalue weighted by atomic mass is 79.9. The number of β-amino-alcohol motifs (C(OH)–C–C–N with tert-alkyl or cyclic N) is 1. The van der Waals surface area contributed by atoms with Crippen molar-refractivity contribution in [2.45, 2.75) is 31.4 Å². The molecule has 0 saturated carbocycles. The van der Waals surface area contributed by atoms with Gasteiger partial charge in [0.05, 0.1) is 15.4 Å². The molecule has 2 rings (SSSR count). The summed E-state index contributed by atoms with van der Waals surface area (Å²) < 4.78 is 1.13. The van der Waals surface area contributed by atoms with Crippen molar-refractivity contribution in [2.24, 2.45) is 5.73 Å². The van der Waals surface area contributed by atoms with Gasteiger partial charge in [-0.15, -0.1) is 11.3 Å². The quantitative estimate of drug-likeness (QED) is 0.899. The number of piperidine rings is 1. The van der Waals surface area contributed by atoms with E-state index in [4.69, 9.17) is 5.73 Å². The maximum atomic E-state index is 10.2. The van der Waals surface area contributed by atoms with Gasteiger partial charge in [0.25, 0.3) is 0 Å². The molecule has 2 unspecified atom stereocenters.